The number of esters is 1. The van der Waals surface area contributed by atoms with Gasteiger partial charge in [0.1, 0.15) is 5.60 Å². The van der Waals surface area contributed by atoms with Crippen molar-refractivity contribution in [2.24, 2.45) is 0 Å². The van der Waals surface area contributed by atoms with E-state index in [1.807, 2.05) is 0 Å². The van der Waals surface area contributed by atoms with Gasteiger partial charge < -0.3 is 15.4 Å². The molecule has 0 aromatic carbocycles. The Morgan fingerprint density at radius 3 is 2.31 bits per heavy atom. The van der Waals surface area contributed by atoms with Crippen LogP contribution in [0.25, 0.3) is 0 Å². The van der Waals surface area contributed by atoms with Crippen LogP contribution in [0, 0.1) is 0 Å². The Kier molecular flexibility index (Phi) is 4.29. The van der Waals surface area contributed by atoms with Gasteiger partial charge in [0, 0.05) is 6.04 Å². The van der Waals surface area contributed by atoms with Crippen molar-refractivity contribution in [3.05, 3.63) is 0 Å². The quantitative estimate of drug-likeness (QED) is 0.497. The van der Waals surface area contributed by atoms with Crippen molar-refractivity contribution in [3.63, 3.8) is 0 Å². The first kappa shape index (κ1) is 13.0. The third kappa shape index (κ3) is 4.61. The third-order valence-corrected chi connectivity index (χ3v) is 2.26. The average molecular weight is 228 g/mol. The Morgan fingerprint density at radius 1 is 1.25 bits per heavy atom. The Balaban J connectivity index is 2.36. The van der Waals surface area contributed by atoms with E-state index in [0.717, 1.165) is 25.9 Å². The zero-order valence-corrected chi connectivity index (χ0v) is 10.1. The first-order chi connectivity index (χ1) is 7.38. The molecule has 0 spiro atoms. The predicted molar refractivity (Wildman–Crippen MR) is 59.9 cm³/mol. The van der Waals surface area contributed by atoms with Crippen LogP contribution in [0.4, 0.5) is 0 Å². The lowest BCUT2D eigenvalue weighted by Gasteiger charge is -2.24. The number of piperidine rings is 1. The Labute approximate surface area is 95.9 Å². The van der Waals surface area contributed by atoms with E-state index in [-0.39, 0.29) is 6.04 Å². The Hall–Kier alpha value is -1.10. The molecule has 16 heavy (non-hydrogen) atoms. The molecule has 0 aromatic heterocycles. The summed E-state index contributed by atoms with van der Waals surface area (Å²) in [4.78, 5) is 22.9. The van der Waals surface area contributed by atoms with Crippen molar-refractivity contribution in [2.45, 2.75) is 45.3 Å². The Morgan fingerprint density at radius 2 is 1.81 bits per heavy atom. The molecule has 92 valence electrons. The van der Waals surface area contributed by atoms with E-state index in [1.54, 1.807) is 20.8 Å². The van der Waals surface area contributed by atoms with Crippen LogP contribution in [0.15, 0.2) is 0 Å². The van der Waals surface area contributed by atoms with Gasteiger partial charge in [-0.2, -0.15) is 0 Å². The van der Waals surface area contributed by atoms with Crippen LogP contribution in [-0.4, -0.2) is 36.6 Å². The molecule has 0 atom stereocenters. The van der Waals surface area contributed by atoms with E-state index in [9.17, 15) is 9.59 Å². The molecule has 1 rings (SSSR count). The largest absolute Gasteiger partial charge is 0.453 e. The van der Waals surface area contributed by atoms with Gasteiger partial charge in [-0.15, -0.1) is 0 Å². The molecule has 5 nitrogen and oxygen atoms in total. The van der Waals surface area contributed by atoms with Crippen LogP contribution in [-0.2, 0) is 14.3 Å². The fourth-order valence-corrected chi connectivity index (χ4v) is 1.54. The van der Waals surface area contributed by atoms with Crippen molar-refractivity contribution in [1.29, 1.82) is 0 Å². The molecule has 1 aliphatic heterocycles. The summed E-state index contributed by atoms with van der Waals surface area (Å²) in [6.45, 7) is 6.96. The van der Waals surface area contributed by atoms with E-state index in [4.69, 9.17) is 4.74 Å². The molecule has 5 heteroatoms. The first-order valence-electron chi connectivity index (χ1n) is 5.63. The first-order valence-corrected chi connectivity index (χ1v) is 5.63. The number of rotatable bonds is 1. The number of nitrogens with one attached hydrogen (secondary N) is 2. The summed E-state index contributed by atoms with van der Waals surface area (Å²) in [5.41, 5.74) is -0.622. The molecular weight excluding hydrogens is 208 g/mol. The second-order valence-electron chi connectivity index (χ2n) is 5.00. The van der Waals surface area contributed by atoms with E-state index in [0.29, 0.717) is 0 Å². The van der Waals surface area contributed by atoms with Crippen LogP contribution >= 0.6 is 0 Å². The van der Waals surface area contributed by atoms with Crippen LogP contribution < -0.4 is 10.6 Å². The maximum absolute atomic E-state index is 11.5. The van der Waals surface area contributed by atoms with Gasteiger partial charge in [0.2, 0.25) is 0 Å². The topological polar surface area (TPSA) is 67.4 Å². The van der Waals surface area contributed by atoms with Gasteiger partial charge in [-0.3, -0.25) is 4.79 Å². The minimum Gasteiger partial charge on any atom is -0.453 e. The molecule has 0 unspecified atom stereocenters. The summed E-state index contributed by atoms with van der Waals surface area (Å²) in [7, 11) is 0. The number of hydrogen-bond donors (Lipinski definition) is 2. The number of carbonyl (C=O) groups excluding carboxylic acids is 2. The summed E-state index contributed by atoms with van der Waals surface area (Å²) in [5, 5.41) is 5.88. The van der Waals surface area contributed by atoms with Gasteiger partial charge in [-0.1, -0.05) is 0 Å². The van der Waals surface area contributed by atoms with Crippen LogP contribution in [0.2, 0.25) is 0 Å². The maximum atomic E-state index is 11.5. The molecule has 0 bridgehead atoms. The summed E-state index contributed by atoms with van der Waals surface area (Å²) in [5.74, 6) is -1.44. The van der Waals surface area contributed by atoms with Crippen molar-refractivity contribution >= 4 is 11.9 Å². The summed E-state index contributed by atoms with van der Waals surface area (Å²) >= 11 is 0. The van der Waals surface area contributed by atoms with Crippen molar-refractivity contribution in [3.8, 4) is 0 Å². The van der Waals surface area contributed by atoms with E-state index in [2.05, 4.69) is 10.6 Å². The van der Waals surface area contributed by atoms with E-state index >= 15 is 0 Å². The predicted octanol–water partition coefficient (Wildman–Crippen LogP) is 0.196. The molecular formula is C11H20N2O3. The standard InChI is InChI=1S/C11H20N2O3/c1-11(2,3)16-10(15)9(14)13-8-4-6-12-7-5-8/h8,12H,4-7H2,1-3H3,(H,13,14). The zero-order valence-electron chi connectivity index (χ0n) is 10.1. The second kappa shape index (κ2) is 5.30. The lowest BCUT2D eigenvalue weighted by Crippen LogP contribution is -2.46. The lowest BCUT2D eigenvalue weighted by atomic mass is 10.1. The molecule has 0 saturated carbocycles. The molecule has 1 aliphatic rings. The van der Waals surface area contributed by atoms with Gasteiger partial charge in [0.05, 0.1) is 0 Å². The number of carbonyl (C=O) groups is 2. The fourth-order valence-electron chi connectivity index (χ4n) is 1.54. The average Bonchev–Trinajstić information content (AvgIpc) is 2.16. The van der Waals surface area contributed by atoms with Crippen LogP contribution in [0.3, 0.4) is 0 Å². The van der Waals surface area contributed by atoms with E-state index in [1.165, 1.54) is 0 Å². The third-order valence-electron chi connectivity index (χ3n) is 2.26. The monoisotopic (exact) mass is 228 g/mol. The molecule has 0 aromatic rings. The zero-order chi connectivity index (χ0) is 12.2. The smallest absolute Gasteiger partial charge is 0.397 e. The highest BCUT2D eigenvalue weighted by Gasteiger charge is 2.25. The molecule has 1 fully saturated rings. The summed E-state index contributed by atoms with van der Waals surface area (Å²) in [6, 6.07) is 0.0845. The molecule has 2 N–H and O–H groups in total. The minimum absolute atomic E-state index is 0.0845. The molecule has 1 heterocycles. The molecule has 0 aliphatic carbocycles. The second-order valence-corrected chi connectivity index (χ2v) is 5.00. The highest BCUT2D eigenvalue weighted by atomic mass is 16.6. The van der Waals surface area contributed by atoms with Gasteiger partial charge in [0.15, 0.2) is 0 Å². The SMILES string of the molecule is CC(C)(C)OC(=O)C(=O)NC1CCNCC1. The van der Waals surface area contributed by atoms with E-state index < -0.39 is 17.5 Å². The van der Waals surface area contributed by atoms with Crippen molar-refractivity contribution in [2.75, 3.05) is 13.1 Å². The highest BCUT2D eigenvalue weighted by Crippen LogP contribution is 2.07. The maximum Gasteiger partial charge on any atom is 0.397 e. The highest BCUT2D eigenvalue weighted by molar-refractivity contribution is 6.32. The number of hydrogen-bond acceptors (Lipinski definition) is 4. The number of amides is 1. The normalized spacial score (nSPS) is 17.9. The van der Waals surface area contributed by atoms with Crippen molar-refractivity contribution in [1.82, 2.24) is 10.6 Å². The lowest BCUT2D eigenvalue weighted by molar-refractivity contribution is -0.163. The molecule has 1 amide bonds. The van der Waals surface area contributed by atoms with Crippen LogP contribution in [0.1, 0.15) is 33.6 Å². The summed E-state index contributed by atoms with van der Waals surface area (Å²) < 4.78 is 4.97. The molecule has 0 radical (unpaired) electrons. The minimum atomic E-state index is -0.800. The Bertz CT molecular complexity index is 265. The van der Waals surface area contributed by atoms with Gasteiger partial charge in [0.25, 0.3) is 0 Å². The van der Waals surface area contributed by atoms with Crippen LogP contribution in [0.5, 0.6) is 0 Å². The number of ether oxygens (including phenoxy) is 1. The summed E-state index contributed by atoms with van der Waals surface area (Å²) in [6.07, 6.45) is 1.71. The molecule has 1 saturated heterocycles. The van der Waals surface area contributed by atoms with Crippen molar-refractivity contribution < 1.29 is 14.3 Å². The fraction of sp³-hybridized carbons (Fsp3) is 0.818. The van der Waals surface area contributed by atoms with Gasteiger partial charge in [-0.05, 0) is 46.7 Å². The van der Waals surface area contributed by atoms with Gasteiger partial charge >= 0.3 is 11.9 Å². The van der Waals surface area contributed by atoms with Gasteiger partial charge in [-0.25, -0.2) is 4.79 Å².